The monoisotopic (exact) mass is 340 g/mol. The molecule has 3 aromatic rings. The third kappa shape index (κ3) is 3.47. The number of thiazole rings is 1. The van der Waals surface area contributed by atoms with Gasteiger partial charge in [0.15, 0.2) is 16.6 Å². The van der Waals surface area contributed by atoms with Crippen molar-refractivity contribution in [3.63, 3.8) is 0 Å². The molecule has 1 unspecified atom stereocenters. The van der Waals surface area contributed by atoms with Crippen molar-refractivity contribution >= 4 is 22.2 Å². The van der Waals surface area contributed by atoms with Crippen LogP contribution in [0.25, 0.3) is 0 Å². The molecular weight excluding hydrogens is 329 g/mol. The molecule has 3 rings (SSSR count). The lowest BCUT2D eigenvalue weighted by Crippen LogP contribution is -2.05. The average Bonchev–Trinajstić information content (AvgIpc) is 3.18. The van der Waals surface area contributed by atoms with Gasteiger partial charge in [-0.15, -0.1) is 21.5 Å². The molecule has 0 saturated carbocycles. The second kappa shape index (κ2) is 5.95. The van der Waals surface area contributed by atoms with Crippen LogP contribution >= 0.6 is 11.3 Å². The number of aromatic nitrogens is 5. The zero-order valence-corrected chi connectivity index (χ0v) is 12.6. The molecule has 0 amide bonds. The molecule has 0 bridgehead atoms. The van der Waals surface area contributed by atoms with Gasteiger partial charge in [0.05, 0.1) is 0 Å². The minimum Gasteiger partial charge on any atom is -0.332 e. The number of anilines is 2. The molecule has 120 valence electrons. The molecule has 6 nitrogen and oxygen atoms in total. The van der Waals surface area contributed by atoms with Crippen molar-refractivity contribution in [3.05, 3.63) is 46.7 Å². The van der Waals surface area contributed by atoms with E-state index >= 15 is 0 Å². The van der Waals surface area contributed by atoms with Crippen LogP contribution in [0, 0.1) is 0 Å². The number of alkyl halides is 3. The molecule has 0 radical (unpaired) electrons. The maximum atomic E-state index is 12.5. The van der Waals surface area contributed by atoms with E-state index in [1.165, 1.54) is 0 Å². The van der Waals surface area contributed by atoms with Gasteiger partial charge in [-0.3, -0.25) is 0 Å². The largest absolute Gasteiger partial charge is 0.434 e. The highest BCUT2D eigenvalue weighted by Crippen LogP contribution is 2.32. The number of benzene rings is 1. The molecule has 0 aliphatic carbocycles. The van der Waals surface area contributed by atoms with E-state index in [9.17, 15) is 13.2 Å². The van der Waals surface area contributed by atoms with Gasteiger partial charge in [-0.05, 0) is 17.7 Å². The first-order valence-corrected chi connectivity index (χ1v) is 7.44. The third-order valence-electron chi connectivity index (χ3n) is 3.21. The molecule has 0 aliphatic heterocycles. The lowest BCUT2D eigenvalue weighted by molar-refractivity contribution is -0.140. The van der Waals surface area contributed by atoms with Gasteiger partial charge in [-0.2, -0.15) is 18.4 Å². The Morgan fingerprint density at radius 2 is 1.96 bits per heavy atom. The van der Waals surface area contributed by atoms with Crippen LogP contribution in [0.2, 0.25) is 0 Å². The summed E-state index contributed by atoms with van der Waals surface area (Å²) in [6.07, 6.45) is -4.43. The number of hydrogen-bond donors (Lipinski definition) is 2. The van der Waals surface area contributed by atoms with Gasteiger partial charge < -0.3 is 5.32 Å². The summed E-state index contributed by atoms with van der Waals surface area (Å²) in [7, 11) is 0. The SMILES string of the molecule is CC(c1ccc(Nc2nc(C(F)(F)F)cs2)cc1)c1nn[nH]n1. The van der Waals surface area contributed by atoms with E-state index < -0.39 is 11.9 Å². The van der Waals surface area contributed by atoms with E-state index in [2.05, 4.69) is 30.9 Å². The van der Waals surface area contributed by atoms with Crippen molar-refractivity contribution in [2.45, 2.75) is 19.0 Å². The third-order valence-corrected chi connectivity index (χ3v) is 3.96. The smallest absolute Gasteiger partial charge is 0.332 e. The first-order chi connectivity index (χ1) is 10.9. The number of nitrogens with zero attached hydrogens (tertiary/aromatic N) is 4. The molecule has 1 atom stereocenters. The highest BCUT2D eigenvalue weighted by Gasteiger charge is 2.33. The first-order valence-electron chi connectivity index (χ1n) is 6.56. The van der Waals surface area contributed by atoms with Crippen LogP contribution in [0.3, 0.4) is 0 Å². The van der Waals surface area contributed by atoms with Crippen LogP contribution in [-0.4, -0.2) is 25.6 Å². The Balaban J connectivity index is 1.71. The second-order valence-electron chi connectivity index (χ2n) is 4.77. The Kier molecular flexibility index (Phi) is 3.99. The molecule has 0 saturated heterocycles. The van der Waals surface area contributed by atoms with Crippen molar-refractivity contribution < 1.29 is 13.2 Å². The van der Waals surface area contributed by atoms with E-state index in [1.807, 2.05) is 19.1 Å². The molecule has 0 aliphatic rings. The van der Waals surface area contributed by atoms with Gasteiger partial charge in [0.2, 0.25) is 0 Å². The summed E-state index contributed by atoms with van der Waals surface area (Å²) in [5, 5.41) is 17.8. The fourth-order valence-electron chi connectivity index (χ4n) is 1.94. The maximum Gasteiger partial charge on any atom is 0.434 e. The van der Waals surface area contributed by atoms with Crippen LogP contribution in [0.15, 0.2) is 29.6 Å². The van der Waals surface area contributed by atoms with Crippen LogP contribution in [-0.2, 0) is 6.18 Å². The maximum absolute atomic E-state index is 12.5. The number of rotatable bonds is 4. The van der Waals surface area contributed by atoms with Crippen molar-refractivity contribution in [1.82, 2.24) is 25.6 Å². The van der Waals surface area contributed by atoms with E-state index in [-0.39, 0.29) is 11.0 Å². The summed E-state index contributed by atoms with van der Waals surface area (Å²) in [6.45, 7) is 1.93. The Hall–Kier alpha value is -2.49. The summed E-state index contributed by atoms with van der Waals surface area (Å²) in [5.74, 6) is 0.528. The van der Waals surface area contributed by atoms with Crippen molar-refractivity contribution in [1.29, 1.82) is 0 Å². The molecule has 0 fully saturated rings. The van der Waals surface area contributed by atoms with Crippen LogP contribution in [0.5, 0.6) is 0 Å². The number of tetrazole rings is 1. The van der Waals surface area contributed by atoms with Gasteiger partial charge in [-0.1, -0.05) is 24.3 Å². The average molecular weight is 340 g/mol. The van der Waals surface area contributed by atoms with E-state index in [0.29, 0.717) is 11.5 Å². The van der Waals surface area contributed by atoms with Gasteiger partial charge in [0.25, 0.3) is 0 Å². The lowest BCUT2D eigenvalue weighted by atomic mass is 10.0. The van der Waals surface area contributed by atoms with Crippen molar-refractivity contribution in [3.8, 4) is 0 Å². The Labute approximate surface area is 132 Å². The fraction of sp³-hybridized carbons (Fsp3) is 0.231. The standard InChI is InChI=1S/C13H11F3N6S/c1-7(11-19-21-22-20-11)8-2-4-9(5-3-8)17-12-18-10(6-23-12)13(14,15)16/h2-7H,1H3,(H,17,18)(H,19,20,21,22). The quantitative estimate of drug-likeness (QED) is 0.759. The highest BCUT2D eigenvalue weighted by molar-refractivity contribution is 7.13. The zero-order valence-electron chi connectivity index (χ0n) is 11.8. The van der Waals surface area contributed by atoms with Crippen LogP contribution < -0.4 is 5.32 Å². The molecule has 10 heteroatoms. The van der Waals surface area contributed by atoms with Crippen molar-refractivity contribution in [2.75, 3.05) is 5.32 Å². The Morgan fingerprint density at radius 3 is 2.52 bits per heavy atom. The number of nitrogens with one attached hydrogen (secondary N) is 2. The predicted molar refractivity (Wildman–Crippen MR) is 78.5 cm³/mol. The van der Waals surface area contributed by atoms with Crippen LogP contribution in [0.1, 0.15) is 29.9 Å². The zero-order chi connectivity index (χ0) is 16.4. The number of hydrogen-bond acceptors (Lipinski definition) is 6. The molecule has 2 heterocycles. The fourth-order valence-corrected chi connectivity index (χ4v) is 2.68. The van der Waals surface area contributed by atoms with E-state index in [1.54, 1.807) is 12.1 Å². The van der Waals surface area contributed by atoms with Gasteiger partial charge in [-0.25, -0.2) is 4.98 Å². The Morgan fingerprint density at radius 1 is 1.22 bits per heavy atom. The normalized spacial score (nSPS) is 13.0. The van der Waals surface area contributed by atoms with Gasteiger partial charge in [0.1, 0.15) is 0 Å². The summed E-state index contributed by atoms with van der Waals surface area (Å²) < 4.78 is 37.5. The molecule has 2 N–H and O–H groups in total. The van der Waals surface area contributed by atoms with Gasteiger partial charge >= 0.3 is 6.18 Å². The predicted octanol–water partition coefficient (Wildman–Crippen LogP) is 3.57. The lowest BCUT2D eigenvalue weighted by Gasteiger charge is -2.09. The summed E-state index contributed by atoms with van der Waals surface area (Å²) >= 11 is 0.905. The highest BCUT2D eigenvalue weighted by atomic mass is 32.1. The molecule has 1 aromatic carbocycles. The molecule has 23 heavy (non-hydrogen) atoms. The van der Waals surface area contributed by atoms with Crippen LogP contribution in [0.4, 0.5) is 24.0 Å². The summed E-state index contributed by atoms with van der Waals surface area (Å²) in [5.41, 5.74) is 0.719. The first kappa shape index (κ1) is 15.4. The Bertz CT molecular complexity index is 766. The summed E-state index contributed by atoms with van der Waals surface area (Å²) in [6, 6.07) is 7.23. The van der Waals surface area contributed by atoms with Crippen molar-refractivity contribution in [2.24, 2.45) is 0 Å². The number of halogens is 3. The van der Waals surface area contributed by atoms with E-state index in [0.717, 1.165) is 22.3 Å². The topological polar surface area (TPSA) is 79.4 Å². The minimum atomic E-state index is -4.43. The summed E-state index contributed by atoms with van der Waals surface area (Å²) in [4.78, 5) is 3.52. The molecule has 0 spiro atoms. The van der Waals surface area contributed by atoms with E-state index in [4.69, 9.17) is 0 Å². The number of H-pyrrole nitrogens is 1. The molecule has 2 aromatic heterocycles. The second-order valence-corrected chi connectivity index (χ2v) is 5.63. The molecular formula is C13H11F3N6S. The van der Waals surface area contributed by atoms with Gasteiger partial charge in [0, 0.05) is 17.0 Å². The number of aromatic amines is 1. The minimum absolute atomic E-state index is 0.0421.